The quantitative estimate of drug-likeness (QED) is 0.347. The Morgan fingerprint density at radius 1 is 1.23 bits per heavy atom. The number of amides is 4. The summed E-state index contributed by atoms with van der Waals surface area (Å²) >= 11 is 1.53. The highest BCUT2D eigenvalue weighted by molar-refractivity contribution is 7.98. The molecule has 4 amide bonds. The first-order chi connectivity index (χ1) is 10.5. The average molecular weight is 320 g/mol. The third-order valence-electron chi connectivity index (χ3n) is 3.24. The number of thioether (sulfide) groups is 1. The lowest BCUT2D eigenvalue weighted by Gasteiger charge is -2.15. The van der Waals surface area contributed by atoms with Crippen LogP contribution in [0.5, 0.6) is 5.75 Å². The summed E-state index contributed by atoms with van der Waals surface area (Å²) < 4.78 is 5.28. The minimum atomic E-state index is -0.822. The van der Waals surface area contributed by atoms with Gasteiger partial charge in [0.25, 0.3) is 0 Å². The van der Waals surface area contributed by atoms with Crippen molar-refractivity contribution in [3.05, 3.63) is 36.4 Å². The van der Waals surface area contributed by atoms with E-state index < -0.39 is 17.8 Å². The van der Waals surface area contributed by atoms with Crippen LogP contribution in [0.1, 0.15) is 5.56 Å². The average Bonchev–Trinajstić information content (AvgIpc) is 2.73. The summed E-state index contributed by atoms with van der Waals surface area (Å²) in [6, 6.07) is 4.79. The second-order valence-electron chi connectivity index (χ2n) is 4.57. The predicted octanol–water partition coefficient (Wildman–Crippen LogP) is 1.89. The highest BCUT2D eigenvalue weighted by atomic mass is 32.2. The van der Waals surface area contributed by atoms with Gasteiger partial charge in [-0.25, -0.2) is 4.79 Å². The van der Waals surface area contributed by atoms with Crippen LogP contribution in [-0.2, 0) is 16.1 Å². The molecular weight excluding hydrogens is 304 g/mol. The second kappa shape index (κ2) is 6.65. The van der Waals surface area contributed by atoms with Gasteiger partial charge in [0, 0.05) is 11.4 Å². The van der Waals surface area contributed by atoms with Crippen molar-refractivity contribution in [2.75, 3.05) is 19.9 Å². The number of hydrogen-bond donors (Lipinski definition) is 0. The number of hydrogen-bond acceptors (Lipinski definition) is 5. The standard InChI is InChI=1S/C15H16N2O4S/c1-4-7-16-13(18)14(19)17(15(16)20)9-10-5-6-12(22-3)11(8-10)21-2/h4-6,8H,1,7,9H2,2-3H3. The van der Waals surface area contributed by atoms with E-state index in [1.165, 1.54) is 17.8 Å². The van der Waals surface area contributed by atoms with Crippen LogP contribution in [0, 0.1) is 0 Å². The van der Waals surface area contributed by atoms with E-state index >= 15 is 0 Å². The molecule has 0 bridgehead atoms. The van der Waals surface area contributed by atoms with Crippen LogP contribution in [-0.4, -0.2) is 47.6 Å². The second-order valence-corrected chi connectivity index (χ2v) is 5.42. The summed E-state index contributed by atoms with van der Waals surface area (Å²) in [5.41, 5.74) is 0.713. The maximum atomic E-state index is 12.1. The van der Waals surface area contributed by atoms with E-state index in [0.717, 1.165) is 14.7 Å². The van der Waals surface area contributed by atoms with Crippen LogP contribution < -0.4 is 4.74 Å². The topological polar surface area (TPSA) is 66.9 Å². The van der Waals surface area contributed by atoms with E-state index in [4.69, 9.17) is 4.74 Å². The molecule has 0 radical (unpaired) electrons. The van der Waals surface area contributed by atoms with Gasteiger partial charge in [-0.05, 0) is 24.0 Å². The Labute approximate surface area is 132 Å². The van der Waals surface area contributed by atoms with Crippen molar-refractivity contribution in [2.24, 2.45) is 0 Å². The minimum absolute atomic E-state index is 0.0225. The van der Waals surface area contributed by atoms with E-state index in [-0.39, 0.29) is 13.1 Å². The fourth-order valence-corrected chi connectivity index (χ4v) is 2.69. The van der Waals surface area contributed by atoms with Crippen LogP contribution in [0.4, 0.5) is 4.79 Å². The van der Waals surface area contributed by atoms with Crippen LogP contribution in [0.3, 0.4) is 0 Å². The molecule has 0 aliphatic carbocycles. The minimum Gasteiger partial charge on any atom is -0.496 e. The molecule has 1 saturated heterocycles. The fourth-order valence-electron chi connectivity index (χ4n) is 2.14. The lowest BCUT2D eigenvalue weighted by atomic mass is 10.2. The molecule has 0 unspecified atom stereocenters. The van der Waals surface area contributed by atoms with Crippen LogP contribution >= 0.6 is 11.8 Å². The Balaban J connectivity index is 2.23. The number of benzene rings is 1. The molecule has 6 nitrogen and oxygen atoms in total. The van der Waals surface area contributed by atoms with Gasteiger partial charge in [0.1, 0.15) is 5.75 Å². The van der Waals surface area contributed by atoms with Crippen molar-refractivity contribution in [1.29, 1.82) is 0 Å². The van der Waals surface area contributed by atoms with Gasteiger partial charge in [0.15, 0.2) is 0 Å². The molecule has 1 aromatic rings. The summed E-state index contributed by atoms with van der Waals surface area (Å²) in [7, 11) is 1.56. The normalized spacial score (nSPS) is 14.7. The molecule has 1 aliphatic rings. The van der Waals surface area contributed by atoms with Crippen molar-refractivity contribution < 1.29 is 19.1 Å². The van der Waals surface area contributed by atoms with Crippen LogP contribution in [0.25, 0.3) is 0 Å². The Hall–Kier alpha value is -2.28. The van der Waals surface area contributed by atoms with E-state index in [1.807, 2.05) is 12.3 Å². The number of urea groups is 1. The molecule has 1 fully saturated rings. The van der Waals surface area contributed by atoms with E-state index in [0.29, 0.717) is 11.3 Å². The molecule has 116 valence electrons. The predicted molar refractivity (Wildman–Crippen MR) is 82.6 cm³/mol. The molecule has 0 atom stereocenters. The smallest absolute Gasteiger partial charge is 0.334 e. The summed E-state index contributed by atoms with van der Waals surface area (Å²) in [5.74, 6) is -0.976. The molecule has 1 aliphatic heterocycles. The van der Waals surface area contributed by atoms with Crippen molar-refractivity contribution in [3.8, 4) is 5.75 Å². The molecule has 7 heteroatoms. The van der Waals surface area contributed by atoms with Crippen molar-refractivity contribution in [2.45, 2.75) is 11.4 Å². The lowest BCUT2D eigenvalue weighted by molar-refractivity contribution is -0.143. The van der Waals surface area contributed by atoms with Gasteiger partial charge >= 0.3 is 17.8 Å². The first-order valence-electron chi connectivity index (χ1n) is 6.52. The molecule has 0 N–H and O–H groups in total. The fraction of sp³-hybridized carbons (Fsp3) is 0.267. The lowest BCUT2D eigenvalue weighted by Crippen LogP contribution is -2.33. The SMILES string of the molecule is C=CCN1C(=O)C(=O)N(Cc2ccc(SC)c(OC)c2)C1=O. The van der Waals surface area contributed by atoms with Gasteiger partial charge in [-0.1, -0.05) is 12.1 Å². The first-order valence-corrected chi connectivity index (χ1v) is 7.75. The van der Waals surface area contributed by atoms with Gasteiger partial charge in [0.05, 0.1) is 13.7 Å². The number of ether oxygens (including phenoxy) is 1. The summed E-state index contributed by atoms with van der Waals surface area (Å²) in [5, 5.41) is 0. The maximum Gasteiger partial charge on any atom is 0.334 e. The number of carbonyl (C=O) groups excluding carboxylic acids is 3. The van der Waals surface area contributed by atoms with Gasteiger partial charge in [-0.3, -0.25) is 19.4 Å². The molecule has 1 heterocycles. The zero-order chi connectivity index (χ0) is 16.3. The molecular formula is C15H16N2O4S. The highest BCUT2D eigenvalue weighted by Crippen LogP contribution is 2.29. The summed E-state index contributed by atoms with van der Waals surface area (Å²) in [6.45, 7) is 3.53. The third-order valence-corrected chi connectivity index (χ3v) is 4.01. The third kappa shape index (κ3) is 2.85. The zero-order valence-corrected chi connectivity index (χ0v) is 13.2. The Kier molecular flexibility index (Phi) is 4.87. The largest absolute Gasteiger partial charge is 0.496 e. The summed E-state index contributed by atoms with van der Waals surface area (Å²) in [6.07, 6.45) is 3.33. The van der Waals surface area contributed by atoms with Crippen molar-refractivity contribution >= 4 is 29.6 Å². The zero-order valence-electron chi connectivity index (χ0n) is 12.4. The number of rotatable bonds is 6. The van der Waals surface area contributed by atoms with Crippen molar-refractivity contribution in [1.82, 2.24) is 9.80 Å². The van der Waals surface area contributed by atoms with Gasteiger partial charge < -0.3 is 4.74 Å². The van der Waals surface area contributed by atoms with Gasteiger partial charge in [-0.2, -0.15) is 0 Å². The number of imide groups is 2. The van der Waals surface area contributed by atoms with Gasteiger partial charge in [-0.15, -0.1) is 18.3 Å². The molecule has 22 heavy (non-hydrogen) atoms. The van der Waals surface area contributed by atoms with Crippen molar-refractivity contribution in [3.63, 3.8) is 0 Å². The maximum absolute atomic E-state index is 12.1. The van der Waals surface area contributed by atoms with E-state index in [9.17, 15) is 14.4 Å². The molecule has 0 aromatic heterocycles. The van der Waals surface area contributed by atoms with Gasteiger partial charge in [0.2, 0.25) is 0 Å². The number of carbonyl (C=O) groups is 3. The Morgan fingerprint density at radius 3 is 2.50 bits per heavy atom. The monoisotopic (exact) mass is 320 g/mol. The Bertz CT molecular complexity index is 644. The van der Waals surface area contributed by atoms with Crippen LogP contribution in [0.2, 0.25) is 0 Å². The first kappa shape index (κ1) is 16.1. The number of nitrogens with zero attached hydrogens (tertiary/aromatic N) is 2. The van der Waals surface area contributed by atoms with E-state index in [1.54, 1.807) is 19.2 Å². The van der Waals surface area contributed by atoms with Crippen LogP contribution in [0.15, 0.2) is 35.7 Å². The molecule has 0 spiro atoms. The Morgan fingerprint density at radius 2 is 1.91 bits per heavy atom. The molecule has 1 aromatic carbocycles. The van der Waals surface area contributed by atoms with E-state index in [2.05, 4.69) is 6.58 Å². The summed E-state index contributed by atoms with van der Waals surface area (Å²) in [4.78, 5) is 38.6. The molecule has 2 rings (SSSR count). The molecule has 0 saturated carbocycles. The number of methoxy groups -OCH3 is 1. The highest BCUT2D eigenvalue weighted by Gasteiger charge is 2.43.